The summed E-state index contributed by atoms with van der Waals surface area (Å²) >= 11 is 2.01. The lowest BCUT2D eigenvalue weighted by molar-refractivity contribution is 0.332. The van der Waals surface area contributed by atoms with Crippen molar-refractivity contribution >= 4 is 78.0 Å². The Kier molecular flexibility index (Phi) is 10.2. The smallest absolute Gasteiger partial charge is 0.264 e. The SMILES string of the molecule is Cc1cc2c3c(c1)N(c1ccc(C(C)(C)C)cc1-c1ccc4c(c1)C(C)(C)CCC4(C)C)c1c(sc4ccc(C(C)(C)C)cc14)B3c1cc(C(C)(C)C)ccc1N2c1ccc(C(C)(C)C)cc1. The molecule has 0 spiro atoms. The van der Waals surface area contributed by atoms with Crippen LogP contribution in [0.5, 0.6) is 0 Å². The van der Waals surface area contributed by atoms with Crippen molar-refractivity contribution in [2.45, 2.75) is 163 Å². The molecule has 3 aliphatic rings. The van der Waals surface area contributed by atoms with Gasteiger partial charge < -0.3 is 9.80 Å². The van der Waals surface area contributed by atoms with Crippen LogP contribution >= 0.6 is 11.3 Å². The molecule has 6 aromatic carbocycles. The van der Waals surface area contributed by atoms with Crippen molar-refractivity contribution in [2.75, 3.05) is 9.80 Å². The minimum absolute atomic E-state index is 0.00448. The van der Waals surface area contributed by atoms with E-state index in [1.807, 2.05) is 11.3 Å². The predicted octanol–water partition coefficient (Wildman–Crippen LogP) is 16.5. The maximum atomic E-state index is 2.72. The first-order chi connectivity index (χ1) is 31.1. The van der Waals surface area contributed by atoms with Crippen LogP contribution in [0.25, 0.3) is 21.2 Å². The van der Waals surface area contributed by atoms with Crippen molar-refractivity contribution in [1.29, 1.82) is 0 Å². The number of hydrogen-bond acceptors (Lipinski definition) is 3. The molecular formula is C63H73BN2S. The average Bonchev–Trinajstić information content (AvgIpc) is 3.62. The third-order valence-corrected chi connectivity index (χ3v) is 17.0. The summed E-state index contributed by atoms with van der Waals surface area (Å²) in [5.74, 6) is 0. The third-order valence-electron chi connectivity index (χ3n) is 15.8. The van der Waals surface area contributed by atoms with Crippen LogP contribution in [0.1, 0.15) is 163 Å². The molecule has 10 rings (SSSR count). The van der Waals surface area contributed by atoms with Gasteiger partial charge in [0.25, 0.3) is 6.71 Å². The molecule has 0 radical (unpaired) electrons. The van der Waals surface area contributed by atoms with Gasteiger partial charge in [-0.2, -0.15) is 0 Å². The first kappa shape index (κ1) is 45.7. The van der Waals surface area contributed by atoms with Gasteiger partial charge >= 0.3 is 0 Å². The van der Waals surface area contributed by atoms with Crippen LogP contribution in [-0.2, 0) is 32.5 Å². The van der Waals surface area contributed by atoms with Gasteiger partial charge in [0.15, 0.2) is 0 Å². The molecule has 0 saturated heterocycles. The highest BCUT2D eigenvalue weighted by Crippen LogP contribution is 2.53. The Labute approximate surface area is 407 Å². The van der Waals surface area contributed by atoms with Crippen molar-refractivity contribution in [1.82, 2.24) is 0 Å². The summed E-state index contributed by atoms with van der Waals surface area (Å²) < 4.78 is 2.77. The molecule has 1 aromatic heterocycles. The Morgan fingerprint density at radius 3 is 1.63 bits per heavy atom. The number of anilines is 6. The zero-order chi connectivity index (χ0) is 48.1. The molecule has 3 heterocycles. The lowest BCUT2D eigenvalue weighted by Gasteiger charge is -2.44. The van der Waals surface area contributed by atoms with Gasteiger partial charge in [-0.05, 0) is 162 Å². The molecule has 2 nitrogen and oxygen atoms in total. The molecule has 1 aliphatic carbocycles. The first-order valence-corrected chi connectivity index (χ1v) is 25.8. The van der Waals surface area contributed by atoms with E-state index in [2.05, 4.69) is 237 Å². The number of hydrogen-bond donors (Lipinski definition) is 0. The molecule has 344 valence electrons. The molecule has 0 unspecified atom stereocenters. The summed E-state index contributed by atoms with van der Waals surface area (Å²) in [5.41, 5.74) is 22.9. The van der Waals surface area contributed by atoms with E-state index in [0.29, 0.717) is 0 Å². The normalized spacial score (nSPS) is 16.5. The number of benzene rings is 6. The molecule has 2 aliphatic heterocycles. The predicted molar refractivity (Wildman–Crippen MR) is 296 cm³/mol. The van der Waals surface area contributed by atoms with Crippen molar-refractivity contribution in [3.63, 3.8) is 0 Å². The number of thiophene rings is 1. The van der Waals surface area contributed by atoms with Gasteiger partial charge in [0.2, 0.25) is 0 Å². The average molecular weight is 901 g/mol. The van der Waals surface area contributed by atoms with E-state index >= 15 is 0 Å². The molecule has 0 saturated carbocycles. The second kappa shape index (κ2) is 15.0. The van der Waals surface area contributed by atoms with Crippen LogP contribution in [0.15, 0.2) is 109 Å². The molecule has 0 fully saturated rings. The Bertz CT molecular complexity index is 3130. The van der Waals surface area contributed by atoms with Crippen molar-refractivity contribution in [3.8, 4) is 11.1 Å². The van der Waals surface area contributed by atoms with Crippen LogP contribution in [0, 0.1) is 6.92 Å². The van der Waals surface area contributed by atoms with Crippen LogP contribution in [0.3, 0.4) is 0 Å². The monoisotopic (exact) mass is 901 g/mol. The van der Waals surface area contributed by atoms with Crippen molar-refractivity contribution in [3.05, 3.63) is 148 Å². The topological polar surface area (TPSA) is 6.48 Å². The fourth-order valence-electron chi connectivity index (χ4n) is 11.4. The van der Waals surface area contributed by atoms with Gasteiger partial charge in [-0.1, -0.05) is 165 Å². The number of aryl methyl sites for hydroxylation is 1. The van der Waals surface area contributed by atoms with Crippen molar-refractivity contribution in [2.24, 2.45) is 0 Å². The standard InChI is InChI=1S/C63H73BN2S/c1-38-32-52-55-53(33-38)66(50-27-21-41(59(5,6)7)35-45(50)39-18-26-47-48(34-39)63(16,17)31-30-62(47,14)15)56-46-36-42(60(8,9)10)23-29-54(46)67-57(56)64(55)49-37-43(61(11,12)13)22-28-51(49)65(52)44-24-19-40(20-25-44)58(2,3)4/h18-29,32-37H,30-31H2,1-17H3. The van der Waals surface area contributed by atoms with Gasteiger partial charge in [0, 0.05) is 43.2 Å². The number of rotatable bonds is 3. The second-order valence-electron chi connectivity index (χ2n) is 25.9. The highest BCUT2D eigenvalue weighted by atomic mass is 32.1. The summed E-state index contributed by atoms with van der Waals surface area (Å²) in [6.45, 7) is 40.3. The summed E-state index contributed by atoms with van der Waals surface area (Å²) in [5, 5.41) is 1.34. The number of nitrogens with zero attached hydrogens (tertiary/aromatic N) is 2. The fourth-order valence-corrected chi connectivity index (χ4v) is 12.7. The molecule has 7 aromatic rings. The van der Waals surface area contributed by atoms with E-state index in [1.165, 1.54) is 123 Å². The Balaban J connectivity index is 1.33. The highest BCUT2D eigenvalue weighted by Gasteiger charge is 2.47. The van der Waals surface area contributed by atoms with Gasteiger partial charge in [-0.3, -0.25) is 0 Å². The lowest BCUT2D eigenvalue weighted by atomic mass is 9.36. The highest BCUT2D eigenvalue weighted by molar-refractivity contribution is 7.33. The first-order valence-electron chi connectivity index (χ1n) is 25.0. The van der Waals surface area contributed by atoms with Crippen molar-refractivity contribution < 1.29 is 0 Å². The van der Waals surface area contributed by atoms with Gasteiger partial charge in [-0.25, -0.2) is 0 Å². The largest absolute Gasteiger partial charge is 0.311 e. The van der Waals surface area contributed by atoms with Crippen LogP contribution in [0.2, 0.25) is 0 Å². The van der Waals surface area contributed by atoms with E-state index in [4.69, 9.17) is 0 Å². The van der Waals surface area contributed by atoms with Crippen LogP contribution in [-0.4, -0.2) is 6.71 Å². The Morgan fingerprint density at radius 1 is 0.493 bits per heavy atom. The fraction of sp³-hybridized carbons (Fsp3) is 0.397. The second-order valence-corrected chi connectivity index (χ2v) is 27.0. The Morgan fingerprint density at radius 2 is 1.01 bits per heavy atom. The molecule has 0 amide bonds. The maximum absolute atomic E-state index is 2.72. The summed E-state index contributed by atoms with van der Waals surface area (Å²) in [4.78, 5) is 5.31. The third kappa shape index (κ3) is 7.51. The molecule has 67 heavy (non-hydrogen) atoms. The summed E-state index contributed by atoms with van der Waals surface area (Å²) in [6, 6.07) is 44.0. The van der Waals surface area contributed by atoms with Gasteiger partial charge in [0.05, 0.1) is 11.4 Å². The Hall–Kier alpha value is -5.06. The maximum Gasteiger partial charge on any atom is 0.264 e. The van der Waals surface area contributed by atoms with Gasteiger partial charge in [-0.15, -0.1) is 11.3 Å². The summed E-state index contributed by atoms with van der Waals surface area (Å²) in [7, 11) is 0. The van der Waals surface area contributed by atoms with E-state index in [9.17, 15) is 0 Å². The molecule has 0 bridgehead atoms. The van der Waals surface area contributed by atoms with Crippen LogP contribution < -0.4 is 25.5 Å². The lowest BCUT2D eigenvalue weighted by Crippen LogP contribution is -2.60. The summed E-state index contributed by atoms with van der Waals surface area (Å²) in [6.07, 6.45) is 2.38. The minimum Gasteiger partial charge on any atom is -0.311 e. The zero-order valence-corrected chi connectivity index (χ0v) is 44.5. The quantitative estimate of drug-likeness (QED) is 0.163. The zero-order valence-electron chi connectivity index (χ0n) is 43.7. The van der Waals surface area contributed by atoms with E-state index in [1.54, 1.807) is 0 Å². The molecule has 0 N–H and O–H groups in total. The van der Waals surface area contributed by atoms with E-state index in [0.717, 1.165) is 0 Å². The number of fused-ring (bicyclic) bond motifs is 7. The molecule has 4 heteroatoms. The van der Waals surface area contributed by atoms with Crippen LogP contribution in [0.4, 0.5) is 34.1 Å². The minimum atomic E-state index is -0.0302. The molecule has 0 atom stereocenters. The van der Waals surface area contributed by atoms with Gasteiger partial charge in [0.1, 0.15) is 0 Å². The van der Waals surface area contributed by atoms with E-state index in [-0.39, 0.29) is 39.2 Å². The molecular weight excluding hydrogens is 828 g/mol. The van der Waals surface area contributed by atoms with E-state index < -0.39 is 0 Å².